The number of hydrogen-bond acceptors (Lipinski definition) is 3. The molecule has 0 radical (unpaired) electrons. The average Bonchev–Trinajstić information content (AvgIpc) is 3.26. The highest BCUT2D eigenvalue weighted by molar-refractivity contribution is 5.85. The van der Waals surface area contributed by atoms with Crippen molar-refractivity contribution in [3.8, 4) is 5.75 Å². The number of nitrogens with one attached hydrogen (secondary N) is 1. The summed E-state index contributed by atoms with van der Waals surface area (Å²) in [4.78, 5) is 11.9. The summed E-state index contributed by atoms with van der Waals surface area (Å²) in [5, 5.41) is 3.10. The Morgan fingerprint density at radius 1 is 1.48 bits per heavy atom. The van der Waals surface area contributed by atoms with Crippen LogP contribution in [0, 0.1) is 12.8 Å². The van der Waals surface area contributed by atoms with Gasteiger partial charge in [0.15, 0.2) is 0 Å². The minimum atomic E-state index is -0.750. The highest BCUT2D eigenvalue weighted by Crippen LogP contribution is 2.40. The quantitative estimate of drug-likeness (QED) is 0.810. The zero-order chi connectivity index (χ0) is 15.6. The summed E-state index contributed by atoms with van der Waals surface area (Å²) in [6.45, 7) is 6.60. The van der Waals surface area contributed by atoms with E-state index in [0.29, 0.717) is 5.92 Å². The number of rotatable bonds is 7. The van der Waals surface area contributed by atoms with Crippen LogP contribution in [0.3, 0.4) is 0 Å². The third-order valence-electron chi connectivity index (χ3n) is 4.49. The molecule has 3 N–H and O–H groups in total. The van der Waals surface area contributed by atoms with Crippen LogP contribution in [0.4, 0.5) is 0 Å². The Morgan fingerprint density at radius 3 is 2.62 bits per heavy atom. The molecule has 1 atom stereocenters. The fourth-order valence-corrected chi connectivity index (χ4v) is 2.69. The van der Waals surface area contributed by atoms with Gasteiger partial charge < -0.3 is 15.8 Å². The molecule has 4 nitrogen and oxygen atoms in total. The van der Waals surface area contributed by atoms with Crippen molar-refractivity contribution in [3.63, 3.8) is 0 Å². The molecule has 1 aliphatic carbocycles. The van der Waals surface area contributed by atoms with Crippen molar-refractivity contribution in [1.82, 2.24) is 5.32 Å². The Labute approximate surface area is 127 Å². The lowest BCUT2D eigenvalue weighted by molar-refractivity contribution is -0.126. The van der Waals surface area contributed by atoms with Gasteiger partial charge in [-0.1, -0.05) is 26.0 Å². The fraction of sp³-hybridized carbons (Fsp3) is 0.588. The Kier molecular flexibility index (Phi) is 4.57. The average molecular weight is 290 g/mol. The SMILES string of the molecule is CNC(COc1cc(C(C)C)ccc1C)(C(N)=O)C1CC1. The molecule has 0 saturated heterocycles. The number of primary amides is 1. The Balaban J connectivity index is 2.17. The van der Waals surface area contributed by atoms with Crippen LogP contribution in [0.15, 0.2) is 18.2 Å². The number of aryl methyl sites for hydroxylation is 1. The molecular weight excluding hydrogens is 264 g/mol. The van der Waals surface area contributed by atoms with Crippen molar-refractivity contribution >= 4 is 5.91 Å². The highest BCUT2D eigenvalue weighted by atomic mass is 16.5. The number of amides is 1. The van der Waals surface area contributed by atoms with Crippen LogP contribution < -0.4 is 15.8 Å². The highest BCUT2D eigenvalue weighted by Gasteiger charge is 2.49. The molecule has 2 rings (SSSR count). The lowest BCUT2D eigenvalue weighted by atomic mass is 9.93. The van der Waals surface area contributed by atoms with Gasteiger partial charge in [0.05, 0.1) is 0 Å². The van der Waals surface area contributed by atoms with Gasteiger partial charge in [0.1, 0.15) is 17.9 Å². The van der Waals surface area contributed by atoms with Crippen LogP contribution in [0.2, 0.25) is 0 Å². The maximum absolute atomic E-state index is 11.9. The first kappa shape index (κ1) is 15.8. The smallest absolute Gasteiger partial charge is 0.241 e. The van der Waals surface area contributed by atoms with E-state index in [2.05, 4.69) is 37.4 Å². The summed E-state index contributed by atoms with van der Waals surface area (Å²) >= 11 is 0. The normalized spacial score (nSPS) is 17.6. The minimum Gasteiger partial charge on any atom is -0.491 e. The molecule has 1 saturated carbocycles. The van der Waals surface area contributed by atoms with Gasteiger partial charge in [-0.2, -0.15) is 0 Å². The second-order valence-electron chi connectivity index (χ2n) is 6.33. The number of likely N-dealkylation sites (N-methyl/N-ethyl adjacent to an activating group) is 1. The van der Waals surface area contributed by atoms with Gasteiger partial charge in [0.2, 0.25) is 5.91 Å². The van der Waals surface area contributed by atoms with E-state index in [1.54, 1.807) is 7.05 Å². The summed E-state index contributed by atoms with van der Waals surface area (Å²) < 4.78 is 5.98. The maximum atomic E-state index is 11.9. The number of hydrogen-bond donors (Lipinski definition) is 2. The number of carbonyl (C=O) groups excluding carboxylic acids is 1. The summed E-state index contributed by atoms with van der Waals surface area (Å²) in [7, 11) is 1.78. The first-order valence-electron chi connectivity index (χ1n) is 7.63. The van der Waals surface area contributed by atoms with Gasteiger partial charge in [0, 0.05) is 0 Å². The van der Waals surface area contributed by atoms with Crippen molar-refractivity contribution in [3.05, 3.63) is 29.3 Å². The van der Waals surface area contributed by atoms with E-state index >= 15 is 0 Å². The van der Waals surface area contributed by atoms with Crippen LogP contribution >= 0.6 is 0 Å². The van der Waals surface area contributed by atoms with Crippen molar-refractivity contribution in [1.29, 1.82) is 0 Å². The van der Waals surface area contributed by atoms with Crippen molar-refractivity contribution in [2.24, 2.45) is 11.7 Å². The predicted molar refractivity (Wildman–Crippen MR) is 84.5 cm³/mol. The molecule has 1 amide bonds. The minimum absolute atomic E-state index is 0.284. The molecule has 1 fully saturated rings. The number of nitrogens with two attached hydrogens (primary N) is 1. The Morgan fingerprint density at radius 2 is 2.14 bits per heavy atom. The summed E-state index contributed by atoms with van der Waals surface area (Å²) in [6.07, 6.45) is 2.05. The zero-order valence-corrected chi connectivity index (χ0v) is 13.4. The Hall–Kier alpha value is -1.55. The van der Waals surface area contributed by atoms with Gasteiger partial charge in [-0.3, -0.25) is 4.79 Å². The first-order chi connectivity index (χ1) is 9.90. The predicted octanol–water partition coefficient (Wildman–Crippen LogP) is 2.35. The summed E-state index contributed by atoms with van der Waals surface area (Å²) in [6, 6.07) is 6.24. The zero-order valence-electron chi connectivity index (χ0n) is 13.4. The van der Waals surface area contributed by atoms with Crippen LogP contribution in [-0.4, -0.2) is 25.1 Å². The van der Waals surface area contributed by atoms with E-state index < -0.39 is 5.54 Å². The topological polar surface area (TPSA) is 64.3 Å². The largest absolute Gasteiger partial charge is 0.491 e. The lowest BCUT2D eigenvalue weighted by Gasteiger charge is -2.30. The van der Waals surface area contributed by atoms with E-state index in [4.69, 9.17) is 10.5 Å². The van der Waals surface area contributed by atoms with Gasteiger partial charge in [0.25, 0.3) is 0 Å². The van der Waals surface area contributed by atoms with Crippen LogP contribution in [-0.2, 0) is 4.79 Å². The van der Waals surface area contributed by atoms with Crippen molar-refractivity contribution < 1.29 is 9.53 Å². The standard InChI is InChI=1S/C17H26N2O2/c1-11(2)13-6-5-12(3)15(9-13)21-10-17(19-4,16(18)20)14-7-8-14/h5-6,9,11,14,19H,7-8,10H2,1-4H3,(H2,18,20). The lowest BCUT2D eigenvalue weighted by Crippen LogP contribution is -2.59. The third kappa shape index (κ3) is 3.21. The van der Waals surface area contributed by atoms with Gasteiger partial charge in [-0.05, 0) is 55.8 Å². The molecule has 1 aromatic rings. The van der Waals surface area contributed by atoms with E-state index in [9.17, 15) is 4.79 Å². The molecule has 0 aromatic heterocycles. The monoisotopic (exact) mass is 290 g/mol. The summed E-state index contributed by atoms with van der Waals surface area (Å²) in [5.41, 5.74) is 7.18. The van der Waals surface area contributed by atoms with Gasteiger partial charge in [-0.25, -0.2) is 0 Å². The molecule has 0 bridgehead atoms. The van der Waals surface area contributed by atoms with E-state index in [0.717, 1.165) is 24.2 Å². The fourth-order valence-electron chi connectivity index (χ4n) is 2.69. The molecule has 1 aromatic carbocycles. The second kappa shape index (κ2) is 6.06. The number of carbonyl (C=O) groups is 1. The molecule has 116 valence electrons. The third-order valence-corrected chi connectivity index (χ3v) is 4.49. The van der Waals surface area contributed by atoms with E-state index in [1.807, 2.05) is 6.92 Å². The Bertz CT molecular complexity index is 524. The molecule has 4 heteroatoms. The molecular formula is C17H26N2O2. The second-order valence-corrected chi connectivity index (χ2v) is 6.33. The molecule has 1 unspecified atom stereocenters. The molecule has 0 heterocycles. The van der Waals surface area contributed by atoms with Crippen molar-refractivity contribution in [2.45, 2.75) is 45.1 Å². The number of ether oxygens (including phenoxy) is 1. The van der Waals surface area contributed by atoms with E-state index in [-0.39, 0.29) is 18.4 Å². The van der Waals surface area contributed by atoms with Crippen LogP contribution in [0.5, 0.6) is 5.75 Å². The maximum Gasteiger partial charge on any atom is 0.241 e. The summed E-state index contributed by atoms with van der Waals surface area (Å²) in [5.74, 6) is 1.24. The first-order valence-corrected chi connectivity index (χ1v) is 7.63. The molecule has 0 aliphatic heterocycles. The van der Waals surface area contributed by atoms with E-state index in [1.165, 1.54) is 5.56 Å². The molecule has 0 spiro atoms. The van der Waals surface area contributed by atoms with Gasteiger partial charge >= 0.3 is 0 Å². The van der Waals surface area contributed by atoms with Gasteiger partial charge in [-0.15, -0.1) is 0 Å². The van der Waals surface area contributed by atoms with Crippen molar-refractivity contribution in [2.75, 3.05) is 13.7 Å². The molecule has 21 heavy (non-hydrogen) atoms. The number of benzene rings is 1. The van der Waals surface area contributed by atoms with Crippen LogP contribution in [0.25, 0.3) is 0 Å². The van der Waals surface area contributed by atoms with Crippen LogP contribution in [0.1, 0.15) is 43.7 Å². The molecule has 1 aliphatic rings.